The summed E-state index contributed by atoms with van der Waals surface area (Å²) in [4.78, 5) is 31.5. The van der Waals surface area contributed by atoms with Crippen LogP contribution in [0, 0.1) is 11.8 Å². The fraction of sp³-hybridized carbons (Fsp3) is 0.375. The normalized spacial score (nSPS) is 20.6. The summed E-state index contributed by atoms with van der Waals surface area (Å²) in [6, 6.07) is 6.92. The van der Waals surface area contributed by atoms with Gasteiger partial charge in [0.25, 0.3) is 0 Å². The summed E-state index contributed by atoms with van der Waals surface area (Å²) in [5.41, 5.74) is 13.4. The van der Waals surface area contributed by atoms with E-state index in [1.165, 1.54) is 10.8 Å². The summed E-state index contributed by atoms with van der Waals surface area (Å²) in [5, 5.41) is 11.1. The number of aromatic amines is 1. The van der Waals surface area contributed by atoms with Gasteiger partial charge in [0.15, 0.2) is 6.61 Å². The number of H-pyrrole nitrogens is 1. The minimum Gasteiger partial charge on any atom is -0.451 e. The second kappa shape index (κ2) is 10.1. The van der Waals surface area contributed by atoms with Crippen LogP contribution in [0.4, 0.5) is 5.82 Å². The van der Waals surface area contributed by atoms with E-state index in [-0.39, 0.29) is 30.5 Å². The number of ether oxygens (including phenoxy) is 2. The van der Waals surface area contributed by atoms with Crippen molar-refractivity contribution in [3.63, 3.8) is 0 Å². The van der Waals surface area contributed by atoms with Crippen molar-refractivity contribution < 1.29 is 19.4 Å². The number of fused-ring (bicyclic) bond motifs is 1. The topological polar surface area (TPSA) is 158 Å². The van der Waals surface area contributed by atoms with Gasteiger partial charge < -0.3 is 31.0 Å². The predicted octanol–water partition coefficient (Wildman–Crippen LogP) is 0.830. The van der Waals surface area contributed by atoms with Crippen LogP contribution in [0.25, 0.3) is 10.9 Å². The number of aromatic nitrogens is 3. The molecule has 2 aromatic heterocycles. The van der Waals surface area contributed by atoms with Gasteiger partial charge >= 0.3 is 11.7 Å². The lowest BCUT2D eigenvalue weighted by Crippen LogP contribution is -2.34. The number of hydrogen-bond donors (Lipinski definition) is 4. The van der Waals surface area contributed by atoms with Gasteiger partial charge in [-0.1, -0.05) is 37.0 Å². The van der Waals surface area contributed by atoms with Gasteiger partial charge in [0.1, 0.15) is 18.1 Å². The van der Waals surface area contributed by atoms with E-state index in [4.69, 9.17) is 20.9 Å². The zero-order valence-corrected chi connectivity index (χ0v) is 18.7. The maximum atomic E-state index is 12.3. The van der Waals surface area contributed by atoms with E-state index >= 15 is 0 Å². The van der Waals surface area contributed by atoms with Crippen molar-refractivity contribution in [3.8, 4) is 11.8 Å². The summed E-state index contributed by atoms with van der Waals surface area (Å²) in [6.07, 6.45) is 2.82. The quantitative estimate of drug-likeness (QED) is 0.308. The summed E-state index contributed by atoms with van der Waals surface area (Å²) in [6.45, 7) is 1.69. The Labute approximate surface area is 195 Å². The second-order valence-corrected chi connectivity index (χ2v) is 8.15. The fourth-order valence-electron chi connectivity index (χ4n) is 4.00. The predicted molar refractivity (Wildman–Crippen MR) is 126 cm³/mol. The largest absolute Gasteiger partial charge is 0.451 e. The van der Waals surface area contributed by atoms with Crippen LogP contribution in [-0.4, -0.2) is 50.5 Å². The monoisotopic (exact) mass is 465 g/mol. The Balaban J connectivity index is 1.37. The molecular formula is C24H27N5O5. The lowest BCUT2D eigenvalue weighted by atomic mass is 10.1. The van der Waals surface area contributed by atoms with Crippen molar-refractivity contribution in [2.75, 3.05) is 12.3 Å². The molecular weight excluding hydrogens is 438 g/mol. The first kappa shape index (κ1) is 23.5. The van der Waals surface area contributed by atoms with Crippen LogP contribution in [0.3, 0.4) is 0 Å². The number of para-hydroxylation sites is 1. The molecule has 0 saturated carbocycles. The number of esters is 1. The SMILES string of the molecule is CC[C@H]1O[C@@H](n2cc(C#CCOC(=O)C(N)Cc3c[nH]c4ccccc34)c(N)nc2=O)C[C@@H]1O. The van der Waals surface area contributed by atoms with E-state index < -0.39 is 30.0 Å². The number of benzene rings is 1. The number of aliphatic hydroxyl groups is 1. The minimum atomic E-state index is -0.841. The number of carbonyl (C=O) groups excluding carboxylic acids is 1. The highest BCUT2D eigenvalue weighted by Gasteiger charge is 2.34. The fourth-order valence-corrected chi connectivity index (χ4v) is 4.00. The second-order valence-electron chi connectivity index (χ2n) is 8.15. The molecule has 1 aliphatic heterocycles. The van der Waals surface area contributed by atoms with E-state index in [9.17, 15) is 14.7 Å². The molecule has 1 saturated heterocycles. The van der Waals surface area contributed by atoms with Gasteiger partial charge in [0, 0.05) is 36.1 Å². The van der Waals surface area contributed by atoms with Gasteiger partial charge in [0.05, 0.1) is 17.8 Å². The number of nitrogen functional groups attached to an aromatic ring is 1. The van der Waals surface area contributed by atoms with Crippen molar-refractivity contribution in [2.45, 2.75) is 50.7 Å². The van der Waals surface area contributed by atoms with Gasteiger partial charge in [-0.15, -0.1) is 0 Å². The maximum absolute atomic E-state index is 12.3. The van der Waals surface area contributed by atoms with Crippen LogP contribution in [0.5, 0.6) is 0 Å². The van der Waals surface area contributed by atoms with Crippen molar-refractivity contribution in [3.05, 3.63) is 58.3 Å². The lowest BCUT2D eigenvalue weighted by Gasteiger charge is -2.15. The molecule has 0 aliphatic carbocycles. The standard InChI is InChI=1S/C24H27N5O5/c1-2-20-19(30)11-21(34-20)29-13-14(22(26)28-24(29)32)6-5-9-33-23(31)17(25)10-15-12-27-18-8-4-3-7-16(15)18/h3-4,7-8,12-13,17,19-21,27,30H,2,9-11,25H2,1H3,(H2,26,28,32)/t17?,19-,20+,21+/m0/s1. The Morgan fingerprint density at radius 1 is 1.44 bits per heavy atom. The van der Waals surface area contributed by atoms with Crippen molar-refractivity contribution >= 4 is 22.7 Å². The van der Waals surface area contributed by atoms with Gasteiger partial charge in [-0.25, -0.2) is 4.79 Å². The van der Waals surface area contributed by atoms with Gasteiger partial charge in [-0.05, 0) is 18.1 Å². The molecule has 0 radical (unpaired) electrons. The third kappa shape index (κ3) is 4.97. The van der Waals surface area contributed by atoms with Crippen molar-refractivity contribution in [1.82, 2.24) is 14.5 Å². The van der Waals surface area contributed by atoms with Crippen LogP contribution in [-0.2, 0) is 20.7 Å². The Bertz CT molecular complexity index is 1300. The number of carbonyl (C=O) groups is 1. The van der Waals surface area contributed by atoms with Gasteiger partial charge in [0.2, 0.25) is 0 Å². The molecule has 4 atom stereocenters. The van der Waals surface area contributed by atoms with Crippen LogP contribution in [0.1, 0.15) is 37.1 Å². The molecule has 1 unspecified atom stereocenters. The number of nitrogens with two attached hydrogens (primary N) is 2. The molecule has 178 valence electrons. The van der Waals surface area contributed by atoms with Crippen LogP contribution in [0.15, 0.2) is 41.5 Å². The first-order valence-electron chi connectivity index (χ1n) is 11.1. The first-order chi connectivity index (χ1) is 16.4. The van der Waals surface area contributed by atoms with Gasteiger partial charge in [-0.3, -0.25) is 9.36 Å². The summed E-state index contributed by atoms with van der Waals surface area (Å²) in [7, 11) is 0. The van der Waals surface area contributed by atoms with E-state index in [2.05, 4.69) is 21.8 Å². The summed E-state index contributed by atoms with van der Waals surface area (Å²) in [5.74, 6) is 4.85. The Hall–Kier alpha value is -3.65. The number of nitrogens with one attached hydrogen (secondary N) is 1. The average Bonchev–Trinajstić information content (AvgIpc) is 3.40. The van der Waals surface area contributed by atoms with E-state index in [0.29, 0.717) is 12.8 Å². The highest BCUT2D eigenvalue weighted by atomic mass is 16.5. The first-order valence-corrected chi connectivity index (χ1v) is 11.1. The molecule has 1 aliphatic rings. The molecule has 4 rings (SSSR count). The number of aliphatic hydroxyl groups excluding tert-OH is 1. The van der Waals surface area contributed by atoms with Crippen LogP contribution in [0.2, 0.25) is 0 Å². The molecule has 1 aromatic carbocycles. The van der Waals surface area contributed by atoms with Crippen molar-refractivity contribution in [2.24, 2.45) is 5.73 Å². The minimum absolute atomic E-state index is 0.0401. The smallest absolute Gasteiger partial charge is 0.351 e. The molecule has 0 bridgehead atoms. The average molecular weight is 466 g/mol. The lowest BCUT2D eigenvalue weighted by molar-refractivity contribution is -0.143. The molecule has 0 spiro atoms. The van der Waals surface area contributed by atoms with Crippen LogP contribution >= 0.6 is 0 Å². The summed E-state index contributed by atoms with van der Waals surface area (Å²) >= 11 is 0. The van der Waals surface area contributed by atoms with Crippen LogP contribution < -0.4 is 17.2 Å². The third-order valence-corrected chi connectivity index (χ3v) is 5.83. The molecule has 1 fully saturated rings. The molecule has 10 nitrogen and oxygen atoms in total. The number of nitrogens with zero attached hydrogens (tertiary/aromatic N) is 2. The number of rotatable bonds is 6. The van der Waals surface area contributed by atoms with E-state index in [0.717, 1.165) is 16.5 Å². The maximum Gasteiger partial charge on any atom is 0.351 e. The molecule has 34 heavy (non-hydrogen) atoms. The Morgan fingerprint density at radius 2 is 2.24 bits per heavy atom. The third-order valence-electron chi connectivity index (χ3n) is 5.83. The molecule has 10 heteroatoms. The number of anilines is 1. The Kier molecular flexibility index (Phi) is 6.98. The highest BCUT2D eigenvalue weighted by Crippen LogP contribution is 2.29. The highest BCUT2D eigenvalue weighted by molar-refractivity contribution is 5.84. The Morgan fingerprint density at radius 3 is 3.00 bits per heavy atom. The molecule has 3 heterocycles. The molecule has 6 N–H and O–H groups in total. The van der Waals surface area contributed by atoms with E-state index in [1.54, 1.807) is 0 Å². The molecule has 3 aromatic rings. The molecule has 0 amide bonds. The van der Waals surface area contributed by atoms with E-state index in [1.807, 2.05) is 37.4 Å². The zero-order valence-electron chi connectivity index (χ0n) is 18.7. The number of hydrogen-bond acceptors (Lipinski definition) is 8. The van der Waals surface area contributed by atoms with Crippen molar-refractivity contribution in [1.29, 1.82) is 0 Å². The van der Waals surface area contributed by atoms with Gasteiger partial charge in [-0.2, -0.15) is 4.98 Å². The summed E-state index contributed by atoms with van der Waals surface area (Å²) < 4.78 is 12.2. The zero-order chi connectivity index (χ0) is 24.2.